The minimum Gasteiger partial charge on any atom is -0.489 e. The standard InChI is InChI=1S/C24H26ClN3O3/c1-17(8-11-23(29)30-3)12-13-31-21-7-5-4-6-20(21)16-28-18(2)14-27-24(28)19-9-10-22(25)26-15-19/h4-7,9-10,12,14-15H,8,11,13,16H2,1-3H3/b17-12+. The lowest BCUT2D eigenvalue weighted by atomic mass is 10.1. The van der Waals surface area contributed by atoms with E-state index in [0.717, 1.165) is 34.0 Å². The van der Waals surface area contributed by atoms with Crippen LogP contribution in [0.2, 0.25) is 5.15 Å². The van der Waals surface area contributed by atoms with Crippen LogP contribution < -0.4 is 4.74 Å². The van der Waals surface area contributed by atoms with Crippen molar-refractivity contribution < 1.29 is 14.3 Å². The maximum absolute atomic E-state index is 11.3. The van der Waals surface area contributed by atoms with E-state index in [9.17, 15) is 4.79 Å². The van der Waals surface area contributed by atoms with E-state index in [1.165, 1.54) is 7.11 Å². The molecule has 1 aromatic carbocycles. The Morgan fingerprint density at radius 2 is 1.94 bits per heavy atom. The highest BCUT2D eigenvalue weighted by molar-refractivity contribution is 6.29. The minimum absolute atomic E-state index is 0.207. The summed E-state index contributed by atoms with van der Waals surface area (Å²) in [6.45, 7) is 5.06. The molecule has 2 aromatic heterocycles. The van der Waals surface area contributed by atoms with Crippen LogP contribution in [0.4, 0.5) is 0 Å². The molecule has 0 amide bonds. The van der Waals surface area contributed by atoms with Crippen molar-refractivity contribution in [3.05, 3.63) is 76.9 Å². The molecule has 162 valence electrons. The zero-order valence-electron chi connectivity index (χ0n) is 18.0. The largest absolute Gasteiger partial charge is 0.489 e. The van der Waals surface area contributed by atoms with Gasteiger partial charge in [0.1, 0.15) is 23.3 Å². The number of carbonyl (C=O) groups excluding carboxylic acids is 1. The molecule has 3 rings (SSSR count). The van der Waals surface area contributed by atoms with Crippen LogP contribution in [0.25, 0.3) is 11.4 Å². The number of aryl methyl sites for hydroxylation is 1. The summed E-state index contributed by atoms with van der Waals surface area (Å²) >= 11 is 5.93. The fourth-order valence-electron chi connectivity index (χ4n) is 3.12. The molecule has 7 heteroatoms. The molecule has 0 bridgehead atoms. The molecule has 0 saturated heterocycles. The lowest BCUT2D eigenvalue weighted by Gasteiger charge is -2.14. The zero-order valence-corrected chi connectivity index (χ0v) is 18.7. The smallest absolute Gasteiger partial charge is 0.305 e. The maximum atomic E-state index is 11.3. The number of hydrogen-bond acceptors (Lipinski definition) is 5. The monoisotopic (exact) mass is 439 g/mol. The Labute approximate surface area is 187 Å². The Morgan fingerprint density at radius 1 is 1.13 bits per heavy atom. The van der Waals surface area contributed by atoms with E-state index in [4.69, 9.17) is 16.3 Å². The van der Waals surface area contributed by atoms with E-state index in [1.807, 2.05) is 56.5 Å². The molecule has 0 aliphatic heterocycles. The van der Waals surface area contributed by atoms with Gasteiger partial charge < -0.3 is 14.0 Å². The number of nitrogens with zero attached hydrogens (tertiary/aromatic N) is 3. The molecule has 2 heterocycles. The molecule has 0 N–H and O–H groups in total. The number of rotatable bonds is 9. The van der Waals surface area contributed by atoms with Gasteiger partial charge in [0.25, 0.3) is 0 Å². The minimum atomic E-state index is -0.207. The lowest BCUT2D eigenvalue weighted by molar-refractivity contribution is -0.140. The van der Waals surface area contributed by atoms with Crippen LogP contribution in [-0.4, -0.2) is 34.2 Å². The molecular weight excluding hydrogens is 414 g/mol. The van der Waals surface area contributed by atoms with Gasteiger partial charge in [0.15, 0.2) is 0 Å². The number of hydrogen-bond donors (Lipinski definition) is 0. The number of halogens is 1. The zero-order chi connectivity index (χ0) is 22.2. The molecule has 0 spiro atoms. The summed E-state index contributed by atoms with van der Waals surface area (Å²) < 4.78 is 12.8. The topological polar surface area (TPSA) is 66.2 Å². The molecule has 31 heavy (non-hydrogen) atoms. The third-order valence-corrected chi connectivity index (χ3v) is 5.19. The second kappa shape index (κ2) is 10.8. The van der Waals surface area contributed by atoms with Crippen molar-refractivity contribution >= 4 is 17.6 Å². The average molecular weight is 440 g/mol. The maximum Gasteiger partial charge on any atom is 0.305 e. The van der Waals surface area contributed by atoms with Gasteiger partial charge in [-0.3, -0.25) is 4.79 Å². The first-order valence-corrected chi connectivity index (χ1v) is 10.4. The molecule has 0 aliphatic carbocycles. The van der Waals surface area contributed by atoms with Gasteiger partial charge in [-0.25, -0.2) is 9.97 Å². The summed E-state index contributed by atoms with van der Waals surface area (Å²) in [5.74, 6) is 1.43. The molecule has 6 nitrogen and oxygen atoms in total. The summed E-state index contributed by atoms with van der Waals surface area (Å²) in [4.78, 5) is 20.0. The van der Waals surface area contributed by atoms with Gasteiger partial charge in [-0.2, -0.15) is 0 Å². The lowest BCUT2D eigenvalue weighted by Crippen LogP contribution is -2.07. The van der Waals surface area contributed by atoms with Crippen LogP contribution in [0, 0.1) is 6.92 Å². The van der Waals surface area contributed by atoms with Crippen LogP contribution in [0.3, 0.4) is 0 Å². The molecular formula is C24H26ClN3O3. The van der Waals surface area contributed by atoms with Gasteiger partial charge in [-0.05, 0) is 44.5 Å². The molecule has 0 saturated carbocycles. The number of para-hydroxylation sites is 1. The van der Waals surface area contributed by atoms with E-state index in [-0.39, 0.29) is 5.97 Å². The van der Waals surface area contributed by atoms with Crippen molar-refractivity contribution in [2.45, 2.75) is 33.2 Å². The third kappa shape index (κ3) is 6.18. The summed E-state index contributed by atoms with van der Waals surface area (Å²) in [5, 5.41) is 0.451. The van der Waals surface area contributed by atoms with E-state index in [0.29, 0.717) is 31.1 Å². The van der Waals surface area contributed by atoms with Crippen molar-refractivity contribution in [3.63, 3.8) is 0 Å². The molecule has 0 aliphatic rings. The number of methoxy groups -OCH3 is 1. The predicted octanol–water partition coefficient (Wildman–Crippen LogP) is 5.23. The molecule has 0 unspecified atom stereocenters. The van der Waals surface area contributed by atoms with Gasteiger partial charge in [0, 0.05) is 35.6 Å². The Balaban J connectivity index is 1.73. The Morgan fingerprint density at radius 3 is 2.68 bits per heavy atom. The first-order chi connectivity index (χ1) is 15.0. The number of pyridine rings is 1. The third-order valence-electron chi connectivity index (χ3n) is 4.96. The van der Waals surface area contributed by atoms with Crippen molar-refractivity contribution in [1.82, 2.24) is 14.5 Å². The number of esters is 1. The number of benzene rings is 1. The Hall–Kier alpha value is -3.12. The molecule has 0 radical (unpaired) electrons. The fraction of sp³-hybridized carbons (Fsp3) is 0.292. The van der Waals surface area contributed by atoms with Crippen LogP contribution in [-0.2, 0) is 16.1 Å². The molecule has 0 fully saturated rings. The summed E-state index contributed by atoms with van der Waals surface area (Å²) in [7, 11) is 1.40. The van der Waals surface area contributed by atoms with E-state index in [1.54, 1.807) is 12.3 Å². The van der Waals surface area contributed by atoms with Crippen molar-refractivity contribution in [1.29, 1.82) is 0 Å². The average Bonchev–Trinajstić information content (AvgIpc) is 3.14. The van der Waals surface area contributed by atoms with Crippen molar-refractivity contribution in [3.8, 4) is 17.1 Å². The van der Waals surface area contributed by atoms with Crippen molar-refractivity contribution in [2.75, 3.05) is 13.7 Å². The first-order valence-electron chi connectivity index (χ1n) is 10.0. The van der Waals surface area contributed by atoms with E-state index in [2.05, 4.69) is 19.3 Å². The number of carbonyl (C=O) groups is 1. The molecule has 0 atom stereocenters. The Kier molecular flexibility index (Phi) is 7.84. The Bertz CT molecular complexity index is 1060. The highest BCUT2D eigenvalue weighted by Gasteiger charge is 2.13. The highest BCUT2D eigenvalue weighted by atomic mass is 35.5. The second-order valence-corrected chi connectivity index (χ2v) is 7.61. The number of ether oxygens (including phenoxy) is 2. The number of aromatic nitrogens is 3. The number of imidazole rings is 1. The van der Waals surface area contributed by atoms with Gasteiger partial charge in [0.05, 0.1) is 13.7 Å². The van der Waals surface area contributed by atoms with Gasteiger partial charge >= 0.3 is 5.97 Å². The van der Waals surface area contributed by atoms with Gasteiger partial charge in [-0.15, -0.1) is 0 Å². The van der Waals surface area contributed by atoms with E-state index < -0.39 is 0 Å². The summed E-state index contributed by atoms with van der Waals surface area (Å²) in [6, 6.07) is 11.6. The number of allylic oxidation sites excluding steroid dienone is 1. The first kappa shape index (κ1) is 22.6. The fourth-order valence-corrected chi connectivity index (χ4v) is 3.23. The SMILES string of the molecule is COC(=O)CC/C(C)=C/COc1ccccc1Cn1c(C)cnc1-c1ccc(Cl)nc1. The second-order valence-electron chi connectivity index (χ2n) is 7.22. The molecule has 3 aromatic rings. The quantitative estimate of drug-likeness (QED) is 0.259. The van der Waals surface area contributed by atoms with E-state index >= 15 is 0 Å². The normalized spacial score (nSPS) is 11.4. The highest BCUT2D eigenvalue weighted by Crippen LogP contribution is 2.25. The van der Waals surface area contributed by atoms with Crippen LogP contribution in [0.1, 0.15) is 31.0 Å². The summed E-state index contributed by atoms with van der Waals surface area (Å²) in [5.41, 5.74) is 4.08. The van der Waals surface area contributed by atoms with Crippen LogP contribution >= 0.6 is 11.6 Å². The summed E-state index contributed by atoms with van der Waals surface area (Å²) in [6.07, 6.45) is 6.60. The van der Waals surface area contributed by atoms with Gasteiger partial charge in [-0.1, -0.05) is 35.4 Å². The van der Waals surface area contributed by atoms with Gasteiger partial charge in [0.2, 0.25) is 0 Å². The van der Waals surface area contributed by atoms with Crippen molar-refractivity contribution in [2.24, 2.45) is 0 Å². The van der Waals surface area contributed by atoms with Crippen LogP contribution in [0.15, 0.2) is 60.4 Å². The predicted molar refractivity (Wildman–Crippen MR) is 121 cm³/mol. The van der Waals surface area contributed by atoms with Crippen LogP contribution in [0.5, 0.6) is 5.75 Å².